The van der Waals surface area contributed by atoms with Crippen LogP contribution in [-0.2, 0) is 14.3 Å². The van der Waals surface area contributed by atoms with E-state index in [0.717, 1.165) is 35.1 Å². The first-order valence-electron chi connectivity index (χ1n) is 12.0. The number of hydrogen-bond acceptors (Lipinski definition) is 4. The second-order valence-electron chi connectivity index (χ2n) is 9.24. The Hall–Kier alpha value is -3.35. The van der Waals surface area contributed by atoms with Crippen molar-refractivity contribution in [2.45, 2.75) is 57.5 Å². The summed E-state index contributed by atoms with van der Waals surface area (Å²) in [5.74, 6) is -1.34. The minimum atomic E-state index is -0.942. The summed E-state index contributed by atoms with van der Waals surface area (Å²) >= 11 is 0. The van der Waals surface area contributed by atoms with E-state index in [4.69, 9.17) is 9.84 Å². The van der Waals surface area contributed by atoms with Crippen LogP contribution in [0.2, 0.25) is 0 Å². The van der Waals surface area contributed by atoms with Crippen molar-refractivity contribution in [1.82, 2.24) is 10.2 Å². The van der Waals surface area contributed by atoms with Gasteiger partial charge >= 0.3 is 12.1 Å². The number of ether oxygens (including phenoxy) is 1. The first-order chi connectivity index (χ1) is 16.4. The summed E-state index contributed by atoms with van der Waals surface area (Å²) in [5.41, 5.74) is 4.55. The average molecular weight is 465 g/mol. The van der Waals surface area contributed by atoms with E-state index in [9.17, 15) is 14.4 Å². The van der Waals surface area contributed by atoms with Crippen LogP contribution in [-0.4, -0.2) is 53.2 Å². The molecule has 2 unspecified atom stereocenters. The zero-order valence-corrected chi connectivity index (χ0v) is 19.7. The highest BCUT2D eigenvalue weighted by molar-refractivity contribution is 5.87. The number of rotatable bonds is 10. The topological polar surface area (TPSA) is 95.9 Å². The van der Waals surface area contributed by atoms with Gasteiger partial charge in [0.1, 0.15) is 12.6 Å². The van der Waals surface area contributed by atoms with Crippen molar-refractivity contribution in [2.24, 2.45) is 5.92 Å². The number of nitrogens with one attached hydrogen (secondary N) is 1. The highest BCUT2D eigenvalue weighted by Crippen LogP contribution is 2.44. The van der Waals surface area contributed by atoms with Crippen molar-refractivity contribution in [3.05, 3.63) is 59.7 Å². The fourth-order valence-corrected chi connectivity index (χ4v) is 4.70. The van der Waals surface area contributed by atoms with Gasteiger partial charge in [0.05, 0.1) is 6.42 Å². The number of benzene rings is 2. The predicted octanol–water partition coefficient (Wildman–Crippen LogP) is 4.41. The number of carbonyl (C=O) groups is 3. The molecule has 0 spiro atoms. The van der Waals surface area contributed by atoms with Gasteiger partial charge in [-0.2, -0.15) is 0 Å². The molecule has 1 fully saturated rings. The molecule has 7 heteroatoms. The maximum absolute atomic E-state index is 13.3. The Morgan fingerprint density at radius 3 is 2.18 bits per heavy atom. The maximum Gasteiger partial charge on any atom is 0.407 e. The number of carboxylic acid groups (broad SMARTS) is 1. The van der Waals surface area contributed by atoms with Crippen LogP contribution in [0.5, 0.6) is 0 Å². The molecule has 180 valence electrons. The molecule has 0 aromatic heterocycles. The normalized spacial score (nSPS) is 16.2. The van der Waals surface area contributed by atoms with Crippen LogP contribution >= 0.6 is 0 Å². The molecule has 7 nitrogen and oxygen atoms in total. The number of alkyl carbamates (subject to hydrolysis) is 1. The molecule has 2 aromatic carbocycles. The lowest BCUT2D eigenvalue weighted by Gasteiger charge is -2.30. The van der Waals surface area contributed by atoms with E-state index in [0.29, 0.717) is 6.42 Å². The number of fused-ring (bicyclic) bond motifs is 3. The lowest BCUT2D eigenvalue weighted by atomic mass is 9.97. The van der Waals surface area contributed by atoms with Gasteiger partial charge in [0, 0.05) is 18.5 Å². The molecule has 34 heavy (non-hydrogen) atoms. The van der Waals surface area contributed by atoms with E-state index in [-0.39, 0.29) is 43.4 Å². The van der Waals surface area contributed by atoms with Gasteiger partial charge in [0.2, 0.25) is 5.91 Å². The largest absolute Gasteiger partial charge is 0.481 e. The Balaban J connectivity index is 1.44. The monoisotopic (exact) mass is 464 g/mol. The minimum absolute atomic E-state index is 0.0581. The first kappa shape index (κ1) is 23.8. The van der Waals surface area contributed by atoms with E-state index in [1.165, 1.54) is 0 Å². The molecule has 2 aliphatic carbocycles. The van der Waals surface area contributed by atoms with E-state index in [2.05, 4.69) is 29.6 Å². The predicted molar refractivity (Wildman–Crippen MR) is 128 cm³/mol. The van der Waals surface area contributed by atoms with Gasteiger partial charge in [-0.15, -0.1) is 0 Å². The van der Waals surface area contributed by atoms with Crippen molar-refractivity contribution in [3.63, 3.8) is 0 Å². The molecule has 0 bridgehead atoms. The zero-order valence-electron chi connectivity index (χ0n) is 19.7. The number of hydrogen-bond donors (Lipinski definition) is 2. The standard InChI is InChI=1S/C27H32N2O5/c1-3-17(2)25(26(32)29(18-12-13-18)15-14-24(30)31)28-27(33)34-16-23-21-10-6-4-8-19(21)20-9-5-7-11-22(20)23/h4-11,17-18,23,25H,3,12-16H2,1-2H3,(H,28,33)(H,30,31). The lowest BCUT2D eigenvalue weighted by molar-refractivity contribution is -0.139. The van der Waals surface area contributed by atoms with Crippen LogP contribution in [0.3, 0.4) is 0 Å². The molecule has 2 amide bonds. The third kappa shape index (κ3) is 5.08. The van der Waals surface area contributed by atoms with Crippen molar-refractivity contribution >= 4 is 18.0 Å². The second kappa shape index (κ2) is 10.3. The smallest absolute Gasteiger partial charge is 0.407 e. The van der Waals surface area contributed by atoms with E-state index in [1.54, 1.807) is 4.90 Å². The first-order valence-corrected chi connectivity index (χ1v) is 12.0. The third-order valence-electron chi connectivity index (χ3n) is 6.93. The van der Waals surface area contributed by atoms with Crippen molar-refractivity contribution < 1.29 is 24.2 Å². The molecule has 2 aromatic rings. The summed E-state index contributed by atoms with van der Waals surface area (Å²) < 4.78 is 5.65. The van der Waals surface area contributed by atoms with Crippen LogP contribution in [0.25, 0.3) is 11.1 Å². The molecule has 0 saturated heterocycles. The molecule has 0 radical (unpaired) electrons. The van der Waals surface area contributed by atoms with Crippen LogP contribution in [0.4, 0.5) is 4.79 Å². The Morgan fingerprint density at radius 1 is 1.06 bits per heavy atom. The second-order valence-corrected chi connectivity index (χ2v) is 9.24. The number of aliphatic carboxylic acids is 1. The fraction of sp³-hybridized carbons (Fsp3) is 0.444. The molecule has 2 atom stereocenters. The SMILES string of the molecule is CCC(C)C(NC(=O)OCC1c2ccccc2-c2ccccc21)C(=O)N(CCC(=O)O)C1CC1. The minimum Gasteiger partial charge on any atom is -0.481 e. The molecule has 2 N–H and O–H groups in total. The van der Waals surface area contributed by atoms with Gasteiger partial charge in [-0.25, -0.2) is 4.79 Å². The molecular formula is C27H32N2O5. The maximum atomic E-state index is 13.3. The Kier molecular flexibility index (Phi) is 7.20. The quantitative estimate of drug-likeness (QED) is 0.543. The summed E-state index contributed by atoms with van der Waals surface area (Å²) in [4.78, 5) is 38.8. The molecular weight excluding hydrogens is 432 g/mol. The van der Waals surface area contributed by atoms with Gasteiger partial charge in [-0.05, 0) is 41.0 Å². The van der Waals surface area contributed by atoms with Crippen molar-refractivity contribution in [1.29, 1.82) is 0 Å². The third-order valence-corrected chi connectivity index (χ3v) is 6.93. The lowest BCUT2D eigenvalue weighted by Crippen LogP contribution is -2.53. The Labute approximate surface area is 200 Å². The van der Waals surface area contributed by atoms with Gasteiger partial charge in [-0.3, -0.25) is 9.59 Å². The van der Waals surface area contributed by atoms with E-state index in [1.807, 2.05) is 38.1 Å². The average Bonchev–Trinajstić information content (AvgIpc) is 3.63. The van der Waals surface area contributed by atoms with E-state index >= 15 is 0 Å². The fourth-order valence-electron chi connectivity index (χ4n) is 4.70. The highest BCUT2D eigenvalue weighted by atomic mass is 16.5. The molecule has 4 rings (SSSR count). The molecule has 0 heterocycles. The summed E-state index contributed by atoms with van der Waals surface area (Å²) in [6.07, 6.45) is 1.68. The van der Waals surface area contributed by atoms with Gasteiger partial charge in [0.25, 0.3) is 0 Å². The van der Waals surface area contributed by atoms with Crippen molar-refractivity contribution in [2.75, 3.05) is 13.2 Å². The molecule has 0 aliphatic heterocycles. The Morgan fingerprint density at radius 2 is 1.65 bits per heavy atom. The summed E-state index contributed by atoms with van der Waals surface area (Å²) in [7, 11) is 0. The number of carboxylic acids is 1. The number of carbonyl (C=O) groups excluding carboxylic acids is 2. The van der Waals surface area contributed by atoms with Crippen molar-refractivity contribution in [3.8, 4) is 11.1 Å². The number of amides is 2. The Bertz CT molecular complexity index is 1020. The number of nitrogens with zero attached hydrogens (tertiary/aromatic N) is 1. The van der Waals surface area contributed by atoms with Crippen LogP contribution < -0.4 is 5.32 Å². The summed E-state index contributed by atoms with van der Waals surface area (Å²) in [5, 5.41) is 11.9. The zero-order chi connectivity index (χ0) is 24.2. The molecule has 1 saturated carbocycles. The van der Waals surface area contributed by atoms with Gasteiger partial charge in [0.15, 0.2) is 0 Å². The van der Waals surface area contributed by atoms with Gasteiger partial charge < -0.3 is 20.1 Å². The summed E-state index contributed by atoms with van der Waals surface area (Å²) in [6.45, 7) is 4.20. The highest BCUT2D eigenvalue weighted by Gasteiger charge is 2.38. The van der Waals surface area contributed by atoms with Gasteiger partial charge in [-0.1, -0.05) is 68.8 Å². The van der Waals surface area contributed by atoms with E-state index < -0.39 is 18.1 Å². The summed E-state index contributed by atoms with van der Waals surface area (Å²) in [6, 6.07) is 15.6. The molecule has 2 aliphatic rings. The van der Waals surface area contributed by atoms with Crippen LogP contribution in [0.1, 0.15) is 56.6 Å². The van der Waals surface area contributed by atoms with Crippen LogP contribution in [0, 0.1) is 5.92 Å². The van der Waals surface area contributed by atoms with Crippen LogP contribution in [0.15, 0.2) is 48.5 Å².